The predicted molar refractivity (Wildman–Crippen MR) is 145 cm³/mol. The molecule has 1 heterocycles. The van der Waals surface area contributed by atoms with Crippen molar-refractivity contribution >= 4 is 61.4 Å². The Morgan fingerprint density at radius 2 is 1.89 bits per heavy atom. The van der Waals surface area contributed by atoms with Gasteiger partial charge in [0.1, 0.15) is 18.0 Å². The van der Waals surface area contributed by atoms with Gasteiger partial charge in [-0.05, 0) is 73.1 Å². The van der Waals surface area contributed by atoms with Crippen LogP contribution in [0.15, 0.2) is 57.9 Å². The Balaban J connectivity index is 1.79. The Morgan fingerprint density at radius 3 is 2.56 bits per heavy atom. The zero-order chi connectivity index (χ0) is 26.5. The van der Waals surface area contributed by atoms with Gasteiger partial charge in [-0.25, -0.2) is 9.00 Å². The highest BCUT2D eigenvalue weighted by Gasteiger charge is 2.24. The SMILES string of the molecule is CC(C)(C)OC(=O)N(CCOc1ccc(Cl)cc1Br)CCN(c1cccc2c(=O)[nH]ccc12)S(=O)O. The van der Waals surface area contributed by atoms with E-state index in [9.17, 15) is 18.4 Å². The molecule has 0 saturated carbocycles. The van der Waals surface area contributed by atoms with E-state index in [1.165, 1.54) is 15.4 Å². The monoisotopic (exact) mass is 599 g/mol. The van der Waals surface area contributed by atoms with Gasteiger partial charge >= 0.3 is 6.09 Å². The van der Waals surface area contributed by atoms with Crippen molar-refractivity contribution in [3.05, 3.63) is 68.5 Å². The molecule has 0 aliphatic carbocycles. The summed E-state index contributed by atoms with van der Waals surface area (Å²) in [4.78, 5) is 29.1. The van der Waals surface area contributed by atoms with Crippen LogP contribution in [0.2, 0.25) is 5.02 Å². The normalized spacial score (nSPS) is 12.3. The lowest BCUT2D eigenvalue weighted by Crippen LogP contribution is -2.43. The van der Waals surface area contributed by atoms with Crippen LogP contribution in [0, 0.1) is 0 Å². The highest BCUT2D eigenvalue weighted by Crippen LogP contribution is 2.28. The summed E-state index contributed by atoms with van der Waals surface area (Å²) in [6.45, 7) is 5.63. The van der Waals surface area contributed by atoms with Crippen LogP contribution in [-0.2, 0) is 16.0 Å². The van der Waals surface area contributed by atoms with Gasteiger partial charge < -0.3 is 19.4 Å². The van der Waals surface area contributed by atoms with Gasteiger partial charge in [0.05, 0.1) is 23.2 Å². The van der Waals surface area contributed by atoms with E-state index in [2.05, 4.69) is 20.9 Å². The molecule has 194 valence electrons. The number of hydrogen-bond donors (Lipinski definition) is 2. The van der Waals surface area contributed by atoms with Crippen molar-refractivity contribution in [2.75, 3.05) is 30.5 Å². The highest BCUT2D eigenvalue weighted by molar-refractivity contribution is 9.10. The number of ether oxygens (including phenoxy) is 2. The van der Waals surface area contributed by atoms with Crippen molar-refractivity contribution in [3.63, 3.8) is 0 Å². The Kier molecular flexibility index (Phi) is 9.40. The highest BCUT2D eigenvalue weighted by atomic mass is 79.9. The molecule has 0 saturated heterocycles. The second-order valence-electron chi connectivity index (χ2n) is 8.77. The molecule has 0 bridgehead atoms. The number of anilines is 1. The van der Waals surface area contributed by atoms with Gasteiger partial charge in [-0.15, -0.1) is 0 Å². The van der Waals surface area contributed by atoms with E-state index in [4.69, 9.17) is 21.1 Å². The number of fused-ring (bicyclic) bond motifs is 1. The summed E-state index contributed by atoms with van der Waals surface area (Å²) < 4.78 is 35.5. The van der Waals surface area contributed by atoms with Gasteiger partial charge in [0.25, 0.3) is 16.8 Å². The predicted octanol–water partition coefficient (Wildman–Crippen LogP) is 5.20. The molecular formula is C24H27BrClN3O6S. The van der Waals surface area contributed by atoms with Gasteiger partial charge in [-0.1, -0.05) is 17.7 Å². The third kappa shape index (κ3) is 7.45. The number of H-pyrrole nitrogens is 1. The molecule has 1 unspecified atom stereocenters. The maximum Gasteiger partial charge on any atom is 0.410 e. The van der Waals surface area contributed by atoms with Gasteiger partial charge in [-0.2, -0.15) is 0 Å². The zero-order valence-electron chi connectivity index (χ0n) is 20.0. The van der Waals surface area contributed by atoms with Crippen LogP contribution in [-0.4, -0.2) is 56.6 Å². The lowest BCUT2D eigenvalue weighted by atomic mass is 10.1. The van der Waals surface area contributed by atoms with Crippen molar-refractivity contribution < 1.29 is 23.0 Å². The number of hydrogen-bond acceptors (Lipinski definition) is 5. The van der Waals surface area contributed by atoms with Gasteiger partial charge in [0.15, 0.2) is 0 Å². The van der Waals surface area contributed by atoms with Crippen LogP contribution >= 0.6 is 27.5 Å². The molecule has 0 spiro atoms. The molecule has 36 heavy (non-hydrogen) atoms. The van der Waals surface area contributed by atoms with Crippen LogP contribution in [0.3, 0.4) is 0 Å². The maximum absolute atomic E-state index is 12.9. The fourth-order valence-electron chi connectivity index (χ4n) is 3.40. The van der Waals surface area contributed by atoms with E-state index in [-0.39, 0.29) is 31.8 Å². The zero-order valence-corrected chi connectivity index (χ0v) is 23.2. The van der Waals surface area contributed by atoms with Crippen molar-refractivity contribution in [1.82, 2.24) is 9.88 Å². The molecule has 2 aromatic carbocycles. The molecule has 2 N–H and O–H groups in total. The number of carbonyl (C=O) groups is 1. The standard InChI is InChI=1S/C24H27BrClN3O6S/c1-24(2,3)35-23(31)28(13-14-34-21-8-7-16(26)15-19(21)25)11-12-29(36(32)33)20-6-4-5-18-17(20)9-10-27-22(18)30/h4-10,15H,11-14H2,1-3H3,(H,27,30)(H,32,33). The molecule has 12 heteroatoms. The van der Waals surface area contributed by atoms with Crippen molar-refractivity contribution in [2.24, 2.45) is 0 Å². The number of pyridine rings is 1. The first-order chi connectivity index (χ1) is 17.0. The minimum atomic E-state index is -2.41. The molecule has 0 aliphatic rings. The second kappa shape index (κ2) is 12.1. The maximum atomic E-state index is 12.9. The van der Waals surface area contributed by atoms with Gasteiger partial charge in [-0.3, -0.25) is 13.7 Å². The van der Waals surface area contributed by atoms with E-state index in [1.54, 1.807) is 63.2 Å². The number of carbonyl (C=O) groups excluding carboxylic acids is 1. The number of benzene rings is 2. The van der Waals surface area contributed by atoms with Gasteiger partial charge in [0, 0.05) is 28.5 Å². The fraction of sp³-hybridized carbons (Fsp3) is 0.333. The number of nitrogens with one attached hydrogen (secondary N) is 1. The fourth-order valence-corrected chi connectivity index (χ4v) is 4.76. The number of nitrogens with zero attached hydrogens (tertiary/aromatic N) is 2. The Bertz CT molecular complexity index is 1310. The Hall–Kier alpha value is -2.60. The van der Waals surface area contributed by atoms with Gasteiger partial charge in [0.2, 0.25) is 0 Å². The average Bonchev–Trinajstić information content (AvgIpc) is 2.78. The minimum Gasteiger partial charge on any atom is -0.491 e. The smallest absolute Gasteiger partial charge is 0.410 e. The molecule has 9 nitrogen and oxygen atoms in total. The largest absolute Gasteiger partial charge is 0.491 e. The lowest BCUT2D eigenvalue weighted by Gasteiger charge is -2.29. The first-order valence-corrected chi connectivity index (χ1v) is 13.2. The summed E-state index contributed by atoms with van der Waals surface area (Å²) in [6.07, 6.45) is 0.894. The summed E-state index contributed by atoms with van der Waals surface area (Å²) in [6, 6.07) is 11.7. The third-order valence-corrected chi connectivity index (χ3v) is 6.60. The molecular weight excluding hydrogens is 574 g/mol. The van der Waals surface area contributed by atoms with E-state index in [0.717, 1.165) is 0 Å². The summed E-state index contributed by atoms with van der Waals surface area (Å²) in [5.41, 5.74) is -0.644. The number of aromatic amines is 1. The average molecular weight is 601 g/mol. The van der Waals surface area contributed by atoms with Crippen molar-refractivity contribution in [3.8, 4) is 5.75 Å². The summed E-state index contributed by atoms with van der Waals surface area (Å²) in [5.74, 6) is 0.558. The van der Waals surface area contributed by atoms with E-state index in [0.29, 0.717) is 31.7 Å². The molecule has 1 amide bonds. The van der Waals surface area contributed by atoms with E-state index >= 15 is 0 Å². The van der Waals surface area contributed by atoms with Crippen LogP contribution in [0.25, 0.3) is 10.8 Å². The Morgan fingerprint density at radius 1 is 1.14 bits per heavy atom. The molecule has 1 atom stereocenters. The van der Waals surface area contributed by atoms with Crippen molar-refractivity contribution in [1.29, 1.82) is 0 Å². The van der Waals surface area contributed by atoms with Crippen LogP contribution in [0.4, 0.5) is 10.5 Å². The topological polar surface area (TPSA) is 112 Å². The molecule has 1 aromatic heterocycles. The molecule has 0 aliphatic heterocycles. The first-order valence-electron chi connectivity index (χ1n) is 11.0. The number of amides is 1. The molecule has 3 aromatic rings. The molecule has 0 fully saturated rings. The Labute approximate surface area is 224 Å². The van der Waals surface area contributed by atoms with E-state index < -0.39 is 23.0 Å². The first kappa shape index (κ1) is 28.0. The summed E-state index contributed by atoms with van der Waals surface area (Å²) in [5, 5.41) is 1.46. The summed E-state index contributed by atoms with van der Waals surface area (Å²) in [7, 11) is 0. The van der Waals surface area contributed by atoms with E-state index in [1.807, 2.05) is 0 Å². The van der Waals surface area contributed by atoms with Crippen LogP contribution in [0.1, 0.15) is 20.8 Å². The quantitative estimate of drug-likeness (QED) is 0.327. The van der Waals surface area contributed by atoms with Crippen molar-refractivity contribution in [2.45, 2.75) is 26.4 Å². The molecule has 3 rings (SSSR count). The third-order valence-electron chi connectivity index (χ3n) is 4.99. The number of aromatic nitrogens is 1. The van der Waals surface area contributed by atoms with Crippen LogP contribution < -0.4 is 14.6 Å². The number of halogens is 2. The van der Waals surface area contributed by atoms with Crippen LogP contribution in [0.5, 0.6) is 5.75 Å². The summed E-state index contributed by atoms with van der Waals surface area (Å²) >= 11 is 6.95. The minimum absolute atomic E-state index is 0.00109. The lowest BCUT2D eigenvalue weighted by molar-refractivity contribution is 0.0232. The molecule has 0 radical (unpaired) electrons. The number of rotatable bonds is 9. The second-order valence-corrected chi connectivity index (χ2v) is 11.0.